The van der Waals surface area contributed by atoms with Gasteiger partial charge in [0.25, 0.3) is 0 Å². The van der Waals surface area contributed by atoms with Crippen molar-refractivity contribution in [3.63, 3.8) is 0 Å². The zero-order valence-corrected chi connectivity index (χ0v) is 11.6. The molecule has 21 heavy (non-hydrogen) atoms. The van der Waals surface area contributed by atoms with E-state index in [1.807, 2.05) is 0 Å². The minimum absolute atomic E-state index is 0.0462. The van der Waals surface area contributed by atoms with Gasteiger partial charge in [-0.2, -0.15) is 0 Å². The first-order valence-electron chi connectivity index (χ1n) is 7.04. The van der Waals surface area contributed by atoms with Crippen LogP contribution in [0, 0.1) is 5.92 Å². The molecule has 1 aliphatic rings. The maximum atomic E-state index is 12.3. The Morgan fingerprint density at radius 2 is 1.86 bits per heavy atom. The van der Waals surface area contributed by atoms with Crippen LogP contribution >= 0.6 is 0 Å². The molecular weight excluding hydrogens is 283 g/mol. The van der Waals surface area contributed by atoms with E-state index < -0.39 is 6.36 Å². The molecule has 0 saturated heterocycles. The van der Waals surface area contributed by atoms with Crippen LogP contribution in [0.1, 0.15) is 37.7 Å². The number of nitrogens with zero attached hydrogens (tertiary/aromatic N) is 1. The van der Waals surface area contributed by atoms with E-state index in [2.05, 4.69) is 9.89 Å². The number of para-hydroxylation sites is 1. The van der Waals surface area contributed by atoms with Crippen LogP contribution in [0.15, 0.2) is 29.4 Å². The van der Waals surface area contributed by atoms with Gasteiger partial charge in [0.05, 0.1) is 0 Å². The molecule has 0 heterocycles. The van der Waals surface area contributed by atoms with Crippen molar-refractivity contribution in [2.24, 2.45) is 11.1 Å². The van der Waals surface area contributed by atoms with Crippen molar-refractivity contribution >= 4 is 6.21 Å². The van der Waals surface area contributed by atoms with Gasteiger partial charge in [-0.1, -0.05) is 42.6 Å². The van der Waals surface area contributed by atoms with Gasteiger partial charge in [0.2, 0.25) is 0 Å². The van der Waals surface area contributed by atoms with Gasteiger partial charge < -0.3 is 9.57 Å². The lowest BCUT2D eigenvalue weighted by Gasteiger charge is -2.16. The molecule has 0 aliphatic heterocycles. The smallest absolute Gasteiger partial charge is 0.405 e. The molecule has 1 aromatic rings. The quantitative estimate of drug-likeness (QED) is 0.584. The maximum absolute atomic E-state index is 12.3. The van der Waals surface area contributed by atoms with Crippen molar-refractivity contribution in [2.45, 2.75) is 45.1 Å². The number of benzene rings is 1. The van der Waals surface area contributed by atoms with Crippen LogP contribution in [0.25, 0.3) is 0 Å². The summed E-state index contributed by atoms with van der Waals surface area (Å²) >= 11 is 0. The van der Waals surface area contributed by atoms with E-state index in [0.29, 0.717) is 11.5 Å². The van der Waals surface area contributed by atoms with Gasteiger partial charge in [-0.3, -0.25) is 0 Å². The predicted octanol–water partition coefficient (Wildman–Crippen LogP) is 4.67. The third kappa shape index (κ3) is 5.65. The highest BCUT2D eigenvalue weighted by atomic mass is 19.4. The van der Waals surface area contributed by atoms with Gasteiger partial charge in [-0.05, 0) is 24.8 Å². The maximum Gasteiger partial charge on any atom is 0.573 e. The lowest BCUT2D eigenvalue weighted by Crippen LogP contribution is -2.18. The van der Waals surface area contributed by atoms with Gasteiger partial charge in [-0.25, -0.2) is 0 Å². The standard InChI is InChI=1S/C15H18F3NO2/c16-15(17,18)21-14-9-5-4-8-13(14)11-20-19-10-12-6-2-1-3-7-12/h4-5,8-10,12H,1-3,6-7,11H2. The van der Waals surface area contributed by atoms with Gasteiger partial charge in [0, 0.05) is 11.8 Å². The molecule has 1 aliphatic carbocycles. The van der Waals surface area contributed by atoms with Crippen LogP contribution in [0.2, 0.25) is 0 Å². The molecule has 0 aromatic heterocycles. The van der Waals surface area contributed by atoms with E-state index in [9.17, 15) is 13.2 Å². The van der Waals surface area contributed by atoms with E-state index in [1.54, 1.807) is 12.3 Å². The zero-order chi connectivity index (χ0) is 15.1. The summed E-state index contributed by atoms with van der Waals surface area (Å²) in [5.74, 6) is 0.165. The third-order valence-electron chi connectivity index (χ3n) is 3.41. The molecule has 0 bridgehead atoms. The second kappa shape index (κ2) is 7.33. The van der Waals surface area contributed by atoms with E-state index in [0.717, 1.165) is 12.8 Å². The van der Waals surface area contributed by atoms with Crippen LogP contribution in [0.3, 0.4) is 0 Å². The van der Waals surface area contributed by atoms with E-state index in [-0.39, 0.29) is 12.4 Å². The van der Waals surface area contributed by atoms with Crippen molar-refractivity contribution in [1.29, 1.82) is 0 Å². The summed E-state index contributed by atoms with van der Waals surface area (Å²) in [5.41, 5.74) is 0.315. The Bertz CT molecular complexity index is 468. The average molecular weight is 301 g/mol. The summed E-state index contributed by atoms with van der Waals surface area (Å²) in [7, 11) is 0. The number of halogens is 3. The lowest BCUT2D eigenvalue weighted by molar-refractivity contribution is -0.275. The molecule has 0 spiro atoms. The molecule has 0 atom stereocenters. The van der Waals surface area contributed by atoms with Crippen LogP contribution in [0.4, 0.5) is 13.2 Å². The Morgan fingerprint density at radius 1 is 1.14 bits per heavy atom. The first-order valence-corrected chi connectivity index (χ1v) is 7.04. The lowest BCUT2D eigenvalue weighted by atomic mass is 9.90. The van der Waals surface area contributed by atoms with E-state index in [4.69, 9.17) is 4.84 Å². The highest BCUT2D eigenvalue weighted by Crippen LogP contribution is 2.27. The summed E-state index contributed by atoms with van der Waals surface area (Å²) < 4.78 is 40.7. The molecule has 0 unspecified atom stereocenters. The minimum Gasteiger partial charge on any atom is -0.405 e. The Labute approximate surface area is 121 Å². The van der Waals surface area contributed by atoms with Crippen molar-refractivity contribution in [3.05, 3.63) is 29.8 Å². The molecule has 0 amide bonds. The number of rotatable bonds is 5. The zero-order valence-electron chi connectivity index (χ0n) is 11.6. The van der Waals surface area contributed by atoms with Crippen molar-refractivity contribution in [2.75, 3.05) is 0 Å². The first-order chi connectivity index (χ1) is 10.0. The molecular formula is C15H18F3NO2. The predicted molar refractivity (Wildman–Crippen MR) is 73.0 cm³/mol. The Morgan fingerprint density at radius 3 is 2.57 bits per heavy atom. The van der Waals surface area contributed by atoms with Crippen LogP contribution in [-0.2, 0) is 11.4 Å². The minimum atomic E-state index is -4.71. The highest BCUT2D eigenvalue weighted by molar-refractivity contribution is 5.59. The van der Waals surface area contributed by atoms with Gasteiger partial charge in [0.15, 0.2) is 0 Å². The number of oxime groups is 1. The van der Waals surface area contributed by atoms with Crippen molar-refractivity contribution in [3.8, 4) is 5.75 Å². The molecule has 6 heteroatoms. The molecule has 1 fully saturated rings. The Balaban J connectivity index is 1.86. The first kappa shape index (κ1) is 15.7. The fourth-order valence-electron chi connectivity index (χ4n) is 2.37. The van der Waals surface area contributed by atoms with Gasteiger partial charge in [0.1, 0.15) is 12.4 Å². The topological polar surface area (TPSA) is 30.8 Å². The molecule has 2 rings (SSSR count). The summed E-state index contributed by atoms with van der Waals surface area (Å²) in [6, 6.07) is 5.90. The van der Waals surface area contributed by atoms with Crippen LogP contribution in [0.5, 0.6) is 5.75 Å². The van der Waals surface area contributed by atoms with E-state index in [1.165, 1.54) is 37.5 Å². The summed E-state index contributed by atoms with van der Waals surface area (Å²) in [4.78, 5) is 5.10. The molecule has 1 saturated carbocycles. The van der Waals surface area contributed by atoms with Crippen LogP contribution < -0.4 is 4.74 Å². The molecule has 3 nitrogen and oxygen atoms in total. The number of hydrogen-bond donors (Lipinski definition) is 0. The second-order valence-corrected chi connectivity index (χ2v) is 5.08. The highest BCUT2D eigenvalue weighted by Gasteiger charge is 2.32. The SMILES string of the molecule is FC(F)(F)Oc1ccccc1CON=CC1CCCCC1. The molecule has 1 aromatic carbocycles. The third-order valence-corrected chi connectivity index (χ3v) is 3.41. The van der Waals surface area contributed by atoms with E-state index >= 15 is 0 Å². The molecule has 0 N–H and O–H groups in total. The van der Waals surface area contributed by atoms with Gasteiger partial charge >= 0.3 is 6.36 Å². The number of alkyl halides is 3. The average Bonchev–Trinajstić information content (AvgIpc) is 2.45. The summed E-state index contributed by atoms with van der Waals surface area (Å²) in [6.07, 6.45) is 2.89. The number of ether oxygens (including phenoxy) is 1. The molecule has 116 valence electrons. The Hall–Kier alpha value is -1.72. The normalized spacial score (nSPS) is 17.1. The monoisotopic (exact) mass is 301 g/mol. The van der Waals surface area contributed by atoms with Gasteiger partial charge in [-0.15, -0.1) is 13.2 Å². The second-order valence-electron chi connectivity index (χ2n) is 5.08. The summed E-state index contributed by atoms with van der Waals surface area (Å²) in [5, 5.41) is 3.87. The fraction of sp³-hybridized carbons (Fsp3) is 0.533. The van der Waals surface area contributed by atoms with Crippen molar-refractivity contribution < 1.29 is 22.7 Å². The number of hydrogen-bond acceptors (Lipinski definition) is 3. The van der Waals surface area contributed by atoms with Crippen LogP contribution in [-0.4, -0.2) is 12.6 Å². The molecule has 0 radical (unpaired) electrons. The summed E-state index contributed by atoms with van der Waals surface area (Å²) in [6.45, 7) is -0.0462. The van der Waals surface area contributed by atoms with Crippen molar-refractivity contribution in [1.82, 2.24) is 0 Å². The largest absolute Gasteiger partial charge is 0.573 e. The fourth-order valence-corrected chi connectivity index (χ4v) is 2.37. The Kier molecular flexibility index (Phi) is 5.47.